The minimum Gasteiger partial charge on any atom is -0.334 e. The standard InChI is InChI=1S/C15H18N4O2S/c1-12(2)19-10-15(17-11-19)22(20,21)18-14(9-16)8-13-6-4-3-5-7-13/h3-7,10-12,14,18H,8H2,1-2H3. The summed E-state index contributed by atoms with van der Waals surface area (Å²) in [6, 6.07) is 10.5. The van der Waals surface area contributed by atoms with Gasteiger partial charge in [-0.2, -0.15) is 9.98 Å². The van der Waals surface area contributed by atoms with Crippen LogP contribution in [0.15, 0.2) is 47.9 Å². The van der Waals surface area contributed by atoms with Crippen LogP contribution in [0.4, 0.5) is 0 Å². The maximum absolute atomic E-state index is 12.3. The SMILES string of the molecule is CC(C)n1cnc(S(=O)(=O)NC(C#N)Cc2ccccc2)c1. The van der Waals surface area contributed by atoms with Crippen LogP contribution in [0.2, 0.25) is 0 Å². The minimum atomic E-state index is -3.81. The first-order chi connectivity index (χ1) is 10.4. The Kier molecular flexibility index (Phi) is 4.96. The second-order valence-corrected chi connectivity index (χ2v) is 6.91. The summed E-state index contributed by atoms with van der Waals surface area (Å²) in [6.07, 6.45) is 3.24. The molecule has 1 heterocycles. The van der Waals surface area contributed by atoms with E-state index < -0.39 is 16.1 Å². The lowest BCUT2D eigenvalue weighted by molar-refractivity contribution is 0.567. The Bertz CT molecular complexity index is 760. The molecular weight excluding hydrogens is 300 g/mol. The average molecular weight is 318 g/mol. The largest absolute Gasteiger partial charge is 0.334 e. The summed E-state index contributed by atoms with van der Waals surface area (Å²) >= 11 is 0. The minimum absolute atomic E-state index is 0.0745. The molecule has 1 atom stereocenters. The molecular formula is C15H18N4O2S. The Labute approximate surface area is 130 Å². The molecule has 6 nitrogen and oxygen atoms in total. The van der Waals surface area contributed by atoms with Crippen LogP contribution in [0.5, 0.6) is 0 Å². The van der Waals surface area contributed by atoms with Crippen LogP contribution >= 0.6 is 0 Å². The van der Waals surface area contributed by atoms with Crippen LogP contribution in [0.25, 0.3) is 0 Å². The van der Waals surface area contributed by atoms with Gasteiger partial charge in [0.2, 0.25) is 0 Å². The van der Waals surface area contributed by atoms with E-state index >= 15 is 0 Å². The number of hydrogen-bond acceptors (Lipinski definition) is 4. The third kappa shape index (κ3) is 3.93. The number of nitrogens with one attached hydrogen (secondary N) is 1. The molecule has 0 saturated heterocycles. The van der Waals surface area contributed by atoms with Crippen molar-refractivity contribution in [3.8, 4) is 6.07 Å². The highest BCUT2D eigenvalue weighted by molar-refractivity contribution is 7.89. The molecule has 116 valence electrons. The molecule has 0 aliphatic heterocycles. The number of nitrogens with zero attached hydrogens (tertiary/aromatic N) is 3. The first kappa shape index (κ1) is 16.2. The van der Waals surface area contributed by atoms with Crippen LogP contribution in [0.3, 0.4) is 0 Å². The third-order valence-corrected chi connectivity index (χ3v) is 4.54. The highest BCUT2D eigenvalue weighted by atomic mass is 32.2. The van der Waals surface area contributed by atoms with Crippen molar-refractivity contribution in [2.24, 2.45) is 0 Å². The zero-order valence-electron chi connectivity index (χ0n) is 12.5. The van der Waals surface area contributed by atoms with E-state index in [2.05, 4.69) is 9.71 Å². The van der Waals surface area contributed by atoms with E-state index in [0.29, 0.717) is 6.42 Å². The van der Waals surface area contributed by atoms with Crippen molar-refractivity contribution >= 4 is 10.0 Å². The first-order valence-corrected chi connectivity index (χ1v) is 8.40. The molecule has 0 aliphatic rings. The fraction of sp³-hybridized carbons (Fsp3) is 0.333. The number of benzene rings is 1. The van der Waals surface area contributed by atoms with E-state index in [-0.39, 0.29) is 11.1 Å². The zero-order valence-corrected chi connectivity index (χ0v) is 13.3. The van der Waals surface area contributed by atoms with Crippen molar-refractivity contribution in [3.63, 3.8) is 0 Å². The summed E-state index contributed by atoms with van der Waals surface area (Å²) in [5, 5.41) is 9.11. The molecule has 0 fully saturated rings. The molecule has 0 bridgehead atoms. The third-order valence-electron chi connectivity index (χ3n) is 3.19. The molecule has 0 aliphatic carbocycles. The Morgan fingerprint density at radius 2 is 2.00 bits per heavy atom. The smallest absolute Gasteiger partial charge is 0.260 e. The van der Waals surface area contributed by atoms with E-state index in [1.54, 1.807) is 4.57 Å². The second-order valence-electron chi connectivity index (χ2n) is 5.25. The molecule has 2 rings (SSSR count). The normalized spacial score (nSPS) is 13.0. The Balaban J connectivity index is 2.13. The number of nitriles is 1. The average Bonchev–Trinajstić information content (AvgIpc) is 2.98. The molecule has 0 amide bonds. The van der Waals surface area contributed by atoms with Gasteiger partial charge in [0.1, 0.15) is 6.04 Å². The van der Waals surface area contributed by atoms with E-state index in [1.807, 2.05) is 50.2 Å². The maximum atomic E-state index is 12.3. The van der Waals surface area contributed by atoms with E-state index in [1.165, 1.54) is 12.5 Å². The van der Waals surface area contributed by atoms with Gasteiger partial charge < -0.3 is 4.57 Å². The van der Waals surface area contributed by atoms with Crippen molar-refractivity contribution in [2.75, 3.05) is 0 Å². The maximum Gasteiger partial charge on any atom is 0.260 e. The van der Waals surface area contributed by atoms with E-state index in [9.17, 15) is 13.7 Å². The summed E-state index contributed by atoms with van der Waals surface area (Å²) < 4.78 is 28.7. The molecule has 22 heavy (non-hydrogen) atoms. The monoisotopic (exact) mass is 318 g/mol. The van der Waals surface area contributed by atoms with Gasteiger partial charge in [-0.25, -0.2) is 13.4 Å². The quantitative estimate of drug-likeness (QED) is 0.881. The molecule has 1 unspecified atom stereocenters. The van der Waals surface area contributed by atoms with Gasteiger partial charge in [0.05, 0.1) is 12.4 Å². The molecule has 1 aromatic carbocycles. The predicted molar refractivity (Wildman–Crippen MR) is 82.5 cm³/mol. The summed E-state index contributed by atoms with van der Waals surface area (Å²) in [7, 11) is -3.81. The first-order valence-electron chi connectivity index (χ1n) is 6.91. The lowest BCUT2D eigenvalue weighted by Crippen LogP contribution is -2.35. The highest BCUT2D eigenvalue weighted by Crippen LogP contribution is 2.11. The second kappa shape index (κ2) is 6.73. The number of rotatable bonds is 6. The number of hydrogen-bond donors (Lipinski definition) is 1. The van der Waals surface area contributed by atoms with Crippen LogP contribution in [0.1, 0.15) is 25.5 Å². The fourth-order valence-electron chi connectivity index (χ4n) is 1.95. The van der Waals surface area contributed by atoms with Gasteiger partial charge in [-0.3, -0.25) is 0 Å². The molecule has 0 radical (unpaired) electrons. The Hall–Kier alpha value is -2.17. The summed E-state index contributed by atoms with van der Waals surface area (Å²) in [4.78, 5) is 3.91. The van der Waals surface area contributed by atoms with Crippen molar-refractivity contribution < 1.29 is 8.42 Å². The van der Waals surface area contributed by atoms with Crippen LogP contribution in [0, 0.1) is 11.3 Å². The molecule has 1 aromatic heterocycles. The van der Waals surface area contributed by atoms with Crippen molar-refractivity contribution in [3.05, 3.63) is 48.4 Å². The lowest BCUT2D eigenvalue weighted by Gasteiger charge is -2.11. The lowest BCUT2D eigenvalue weighted by atomic mass is 10.1. The van der Waals surface area contributed by atoms with Gasteiger partial charge in [-0.05, 0) is 19.4 Å². The fourth-order valence-corrected chi connectivity index (χ4v) is 3.03. The van der Waals surface area contributed by atoms with E-state index in [0.717, 1.165) is 5.56 Å². The molecule has 7 heteroatoms. The molecule has 2 aromatic rings. The summed E-state index contributed by atoms with van der Waals surface area (Å²) in [6.45, 7) is 3.86. The van der Waals surface area contributed by atoms with Crippen LogP contribution in [-0.2, 0) is 16.4 Å². The molecule has 1 N–H and O–H groups in total. The Morgan fingerprint density at radius 1 is 1.32 bits per heavy atom. The van der Waals surface area contributed by atoms with Gasteiger partial charge in [0, 0.05) is 18.7 Å². The van der Waals surface area contributed by atoms with Crippen LogP contribution < -0.4 is 4.72 Å². The predicted octanol–water partition coefficient (Wildman–Crippen LogP) is 1.88. The zero-order chi connectivity index (χ0) is 16.2. The summed E-state index contributed by atoms with van der Waals surface area (Å²) in [5.74, 6) is 0. The molecule has 0 spiro atoms. The van der Waals surface area contributed by atoms with Crippen molar-refractivity contribution in [2.45, 2.75) is 37.4 Å². The topological polar surface area (TPSA) is 87.8 Å². The summed E-state index contributed by atoms with van der Waals surface area (Å²) in [5.41, 5.74) is 0.893. The van der Waals surface area contributed by atoms with Gasteiger partial charge in [0.25, 0.3) is 10.0 Å². The highest BCUT2D eigenvalue weighted by Gasteiger charge is 2.22. The van der Waals surface area contributed by atoms with Gasteiger partial charge in [-0.15, -0.1) is 0 Å². The molecule has 0 saturated carbocycles. The number of sulfonamides is 1. The Morgan fingerprint density at radius 3 is 2.55 bits per heavy atom. The van der Waals surface area contributed by atoms with Gasteiger partial charge in [0.15, 0.2) is 5.03 Å². The number of aromatic nitrogens is 2. The van der Waals surface area contributed by atoms with Gasteiger partial charge >= 0.3 is 0 Å². The van der Waals surface area contributed by atoms with Gasteiger partial charge in [-0.1, -0.05) is 30.3 Å². The van der Waals surface area contributed by atoms with E-state index in [4.69, 9.17) is 0 Å². The van der Waals surface area contributed by atoms with Crippen molar-refractivity contribution in [1.29, 1.82) is 5.26 Å². The van der Waals surface area contributed by atoms with Crippen molar-refractivity contribution in [1.82, 2.24) is 14.3 Å². The number of imidazole rings is 1. The van der Waals surface area contributed by atoms with Crippen LogP contribution in [-0.4, -0.2) is 24.0 Å².